The van der Waals surface area contributed by atoms with Crippen molar-refractivity contribution in [1.82, 2.24) is 0 Å². The first kappa shape index (κ1) is 11.2. The molecule has 1 aromatic carbocycles. The molecule has 2 nitrogen and oxygen atoms in total. The van der Waals surface area contributed by atoms with E-state index in [9.17, 15) is 17.6 Å². The van der Waals surface area contributed by atoms with Gasteiger partial charge in [-0.15, -0.1) is 0 Å². The summed E-state index contributed by atoms with van der Waals surface area (Å²) < 4.78 is 56.6. The SMILES string of the molecule is COc1cc(F)c(F)cc1C1(N)CC1(F)F. The first-order valence-electron chi connectivity index (χ1n) is 4.52. The number of alkyl halides is 2. The fourth-order valence-corrected chi connectivity index (χ4v) is 1.64. The maximum Gasteiger partial charge on any atom is 0.272 e. The van der Waals surface area contributed by atoms with Crippen LogP contribution in [0.25, 0.3) is 0 Å². The molecular formula is C10H9F4NO. The molecule has 1 saturated carbocycles. The third kappa shape index (κ3) is 1.36. The van der Waals surface area contributed by atoms with Gasteiger partial charge in [0.05, 0.1) is 7.11 Å². The molecule has 0 saturated heterocycles. The van der Waals surface area contributed by atoms with Gasteiger partial charge in [0, 0.05) is 18.1 Å². The summed E-state index contributed by atoms with van der Waals surface area (Å²) in [6.07, 6.45) is -0.596. The Morgan fingerprint density at radius 1 is 1.25 bits per heavy atom. The van der Waals surface area contributed by atoms with E-state index in [1.807, 2.05) is 0 Å². The lowest BCUT2D eigenvalue weighted by atomic mass is 10.0. The highest BCUT2D eigenvalue weighted by molar-refractivity contribution is 5.46. The molecule has 2 rings (SSSR count). The van der Waals surface area contributed by atoms with Gasteiger partial charge in [0.15, 0.2) is 11.6 Å². The van der Waals surface area contributed by atoms with Gasteiger partial charge in [-0.1, -0.05) is 0 Å². The van der Waals surface area contributed by atoms with Crippen LogP contribution < -0.4 is 10.5 Å². The first-order valence-corrected chi connectivity index (χ1v) is 4.52. The molecule has 0 radical (unpaired) electrons. The van der Waals surface area contributed by atoms with E-state index in [4.69, 9.17) is 10.5 Å². The van der Waals surface area contributed by atoms with E-state index in [0.29, 0.717) is 12.1 Å². The zero-order valence-corrected chi connectivity index (χ0v) is 8.36. The second-order valence-corrected chi connectivity index (χ2v) is 3.82. The third-order valence-electron chi connectivity index (χ3n) is 2.75. The van der Waals surface area contributed by atoms with E-state index in [-0.39, 0.29) is 11.3 Å². The molecule has 1 fully saturated rings. The monoisotopic (exact) mass is 235 g/mol. The lowest BCUT2D eigenvalue weighted by Gasteiger charge is -2.15. The van der Waals surface area contributed by atoms with Crippen molar-refractivity contribution in [3.8, 4) is 5.75 Å². The molecule has 0 spiro atoms. The highest BCUT2D eigenvalue weighted by Crippen LogP contribution is 2.59. The quantitative estimate of drug-likeness (QED) is 0.797. The predicted octanol–water partition coefficient (Wildman–Crippen LogP) is 2.17. The van der Waals surface area contributed by atoms with Crippen LogP contribution in [0.2, 0.25) is 0 Å². The van der Waals surface area contributed by atoms with Crippen LogP contribution in [-0.4, -0.2) is 13.0 Å². The van der Waals surface area contributed by atoms with Crippen LogP contribution >= 0.6 is 0 Å². The van der Waals surface area contributed by atoms with Crippen LogP contribution in [0, 0.1) is 11.6 Å². The summed E-state index contributed by atoms with van der Waals surface area (Å²) in [5.41, 5.74) is 3.26. The van der Waals surface area contributed by atoms with Crippen molar-refractivity contribution in [2.75, 3.05) is 7.11 Å². The van der Waals surface area contributed by atoms with Crippen LogP contribution in [0.3, 0.4) is 0 Å². The Labute approximate surface area is 89.0 Å². The summed E-state index contributed by atoms with van der Waals surface area (Å²) in [5.74, 6) is -5.65. The molecule has 1 aliphatic rings. The average molecular weight is 235 g/mol. The molecular weight excluding hydrogens is 226 g/mol. The molecule has 16 heavy (non-hydrogen) atoms. The van der Waals surface area contributed by atoms with Crippen LogP contribution in [0.4, 0.5) is 17.6 Å². The lowest BCUT2D eigenvalue weighted by Crippen LogP contribution is -2.28. The van der Waals surface area contributed by atoms with Crippen LogP contribution in [-0.2, 0) is 5.54 Å². The van der Waals surface area contributed by atoms with Gasteiger partial charge in [-0.3, -0.25) is 0 Å². The smallest absolute Gasteiger partial charge is 0.272 e. The number of ether oxygens (including phenoxy) is 1. The van der Waals surface area contributed by atoms with E-state index in [2.05, 4.69) is 0 Å². The lowest BCUT2D eigenvalue weighted by molar-refractivity contribution is 0.0883. The summed E-state index contributed by atoms with van der Waals surface area (Å²) in [4.78, 5) is 0. The van der Waals surface area contributed by atoms with Gasteiger partial charge in [-0.25, -0.2) is 17.6 Å². The highest BCUT2D eigenvalue weighted by atomic mass is 19.3. The highest BCUT2D eigenvalue weighted by Gasteiger charge is 2.71. The number of rotatable bonds is 2. The van der Waals surface area contributed by atoms with E-state index in [1.54, 1.807) is 0 Å². The topological polar surface area (TPSA) is 35.2 Å². The zero-order valence-electron chi connectivity index (χ0n) is 8.36. The zero-order chi connectivity index (χ0) is 12.1. The number of methoxy groups -OCH3 is 1. The van der Waals surface area contributed by atoms with Crippen LogP contribution in [0.15, 0.2) is 12.1 Å². The molecule has 0 aromatic heterocycles. The number of benzene rings is 1. The number of hydrogen-bond donors (Lipinski definition) is 1. The standard InChI is InChI=1S/C10H9F4NO/c1-16-8-3-7(12)6(11)2-5(8)9(15)4-10(9,13)14/h2-3H,4,15H2,1H3. The van der Waals surface area contributed by atoms with Crippen molar-refractivity contribution in [3.63, 3.8) is 0 Å². The van der Waals surface area contributed by atoms with Gasteiger partial charge in [0.25, 0.3) is 5.92 Å². The minimum atomic E-state index is -3.11. The van der Waals surface area contributed by atoms with Gasteiger partial charge in [0.1, 0.15) is 11.3 Å². The fraction of sp³-hybridized carbons (Fsp3) is 0.400. The van der Waals surface area contributed by atoms with Crippen molar-refractivity contribution in [3.05, 3.63) is 29.3 Å². The molecule has 1 aromatic rings. The van der Waals surface area contributed by atoms with Crippen LogP contribution in [0.1, 0.15) is 12.0 Å². The Kier molecular flexibility index (Phi) is 2.17. The van der Waals surface area contributed by atoms with E-state index in [1.165, 1.54) is 7.11 Å². The molecule has 88 valence electrons. The second-order valence-electron chi connectivity index (χ2n) is 3.82. The molecule has 1 unspecified atom stereocenters. The Bertz CT molecular complexity index is 449. The Morgan fingerprint density at radius 3 is 2.19 bits per heavy atom. The van der Waals surface area contributed by atoms with Gasteiger partial charge in [0.2, 0.25) is 0 Å². The predicted molar refractivity (Wildman–Crippen MR) is 48.3 cm³/mol. The molecule has 2 N–H and O–H groups in total. The number of nitrogens with two attached hydrogens (primary N) is 1. The molecule has 0 bridgehead atoms. The van der Waals surface area contributed by atoms with Crippen molar-refractivity contribution >= 4 is 0 Å². The van der Waals surface area contributed by atoms with Crippen molar-refractivity contribution in [1.29, 1.82) is 0 Å². The van der Waals surface area contributed by atoms with Crippen molar-refractivity contribution < 1.29 is 22.3 Å². The summed E-state index contributed by atoms with van der Waals surface area (Å²) in [6.45, 7) is 0. The molecule has 0 aliphatic heterocycles. The third-order valence-corrected chi connectivity index (χ3v) is 2.75. The van der Waals surface area contributed by atoms with E-state index < -0.39 is 29.5 Å². The minimum absolute atomic E-state index is 0.168. The largest absolute Gasteiger partial charge is 0.496 e. The van der Waals surface area contributed by atoms with Crippen LogP contribution in [0.5, 0.6) is 5.75 Å². The molecule has 0 amide bonds. The van der Waals surface area contributed by atoms with Gasteiger partial charge in [-0.05, 0) is 6.07 Å². The Morgan fingerprint density at radius 2 is 1.75 bits per heavy atom. The Balaban J connectivity index is 2.53. The van der Waals surface area contributed by atoms with Crippen molar-refractivity contribution in [2.24, 2.45) is 5.73 Å². The fourth-order valence-electron chi connectivity index (χ4n) is 1.64. The summed E-state index contributed by atoms with van der Waals surface area (Å²) in [6, 6.07) is 1.38. The summed E-state index contributed by atoms with van der Waals surface area (Å²) in [7, 11) is 1.18. The molecule has 1 atom stereocenters. The number of halogens is 4. The van der Waals surface area contributed by atoms with Gasteiger partial charge in [-0.2, -0.15) is 0 Å². The molecule has 1 aliphatic carbocycles. The minimum Gasteiger partial charge on any atom is -0.496 e. The maximum atomic E-state index is 13.0. The Hall–Kier alpha value is -1.30. The average Bonchev–Trinajstić information content (AvgIpc) is 2.71. The molecule has 0 heterocycles. The van der Waals surface area contributed by atoms with Gasteiger partial charge >= 0.3 is 0 Å². The maximum absolute atomic E-state index is 13.0. The summed E-state index contributed by atoms with van der Waals surface area (Å²) in [5, 5.41) is 0. The molecule has 6 heteroatoms. The van der Waals surface area contributed by atoms with E-state index in [0.717, 1.165) is 0 Å². The summed E-state index contributed by atoms with van der Waals surface area (Å²) >= 11 is 0. The number of hydrogen-bond acceptors (Lipinski definition) is 2. The normalized spacial score (nSPS) is 26.6. The van der Waals surface area contributed by atoms with E-state index >= 15 is 0 Å². The van der Waals surface area contributed by atoms with Gasteiger partial charge < -0.3 is 10.5 Å². The second kappa shape index (κ2) is 3.10. The van der Waals surface area contributed by atoms with Crippen molar-refractivity contribution in [2.45, 2.75) is 17.9 Å². The first-order chi connectivity index (χ1) is 7.32.